The quantitative estimate of drug-likeness (QED) is 0.927. The molecule has 1 fully saturated rings. The van der Waals surface area contributed by atoms with Gasteiger partial charge in [-0.15, -0.1) is 0 Å². The van der Waals surface area contributed by atoms with E-state index in [2.05, 4.69) is 17.4 Å². The lowest BCUT2D eigenvalue weighted by Gasteiger charge is -2.29. The van der Waals surface area contributed by atoms with Crippen LogP contribution in [0, 0.1) is 26.7 Å². The van der Waals surface area contributed by atoms with Crippen LogP contribution in [0.25, 0.3) is 0 Å². The number of carbonyl (C=O) groups excluding carboxylic acids is 1. The van der Waals surface area contributed by atoms with Crippen LogP contribution in [0.3, 0.4) is 0 Å². The maximum absolute atomic E-state index is 12.4. The minimum Gasteiger partial charge on any atom is -0.325 e. The predicted octanol–water partition coefficient (Wildman–Crippen LogP) is 2.22. The topological polar surface area (TPSA) is 66.5 Å². The monoisotopic (exact) mass is 324 g/mol. The number of sulfonamides is 1. The number of carbonyl (C=O) groups is 1. The fourth-order valence-electron chi connectivity index (χ4n) is 3.05. The summed E-state index contributed by atoms with van der Waals surface area (Å²) in [5.41, 5.74) is 4.16. The normalized spacial score (nSPS) is 17.5. The summed E-state index contributed by atoms with van der Waals surface area (Å²) in [7, 11) is -3.15. The first-order valence-electron chi connectivity index (χ1n) is 7.52. The van der Waals surface area contributed by atoms with Crippen molar-refractivity contribution in [1.82, 2.24) is 4.31 Å². The number of nitrogens with one attached hydrogen (secondary N) is 1. The van der Waals surface area contributed by atoms with Gasteiger partial charge in [-0.3, -0.25) is 4.79 Å². The van der Waals surface area contributed by atoms with Crippen LogP contribution in [0.4, 0.5) is 5.69 Å². The average Bonchev–Trinajstić information content (AvgIpc) is 2.41. The van der Waals surface area contributed by atoms with Crippen LogP contribution in [0.5, 0.6) is 0 Å². The molecule has 22 heavy (non-hydrogen) atoms. The Morgan fingerprint density at radius 3 is 2.09 bits per heavy atom. The Morgan fingerprint density at radius 2 is 1.64 bits per heavy atom. The first-order chi connectivity index (χ1) is 10.2. The number of anilines is 1. The van der Waals surface area contributed by atoms with Gasteiger partial charge < -0.3 is 5.32 Å². The molecule has 1 aliphatic rings. The highest BCUT2D eigenvalue weighted by Gasteiger charge is 2.29. The van der Waals surface area contributed by atoms with Crippen LogP contribution in [0.1, 0.15) is 29.5 Å². The van der Waals surface area contributed by atoms with Gasteiger partial charge in [0.2, 0.25) is 15.9 Å². The fraction of sp³-hybridized carbons (Fsp3) is 0.562. The van der Waals surface area contributed by atoms with Gasteiger partial charge in [-0.25, -0.2) is 12.7 Å². The molecule has 1 amide bonds. The summed E-state index contributed by atoms with van der Waals surface area (Å²) in [6, 6.07) is 4.10. The van der Waals surface area contributed by atoms with Crippen LogP contribution in [-0.2, 0) is 14.8 Å². The number of amides is 1. The van der Waals surface area contributed by atoms with Crippen LogP contribution in [-0.4, -0.2) is 38.0 Å². The fourth-order valence-corrected chi connectivity index (χ4v) is 3.93. The molecule has 0 saturated carbocycles. The van der Waals surface area contributed by atoms with Crippen LogP contribution < -0.4 is 5.32 Å². The van der Waals surface area contributed by atoms with E-state index in [0.717, 1.165) is 16.8 Å². The van der Waals surface area contributed by atoms with Crippen molar-refractivity contribution in [3.63, 3.8) is 0 Å². The van der Waals surface area contributed by atoms with Crippen LogP contribution in [0.15, 0.2) is 12.1 Å². The SMILES string of the molecule is Cc1cc(C)c(NC(=O)C2CCN(S(C)(=O)=O)CC2)c(C)c1. The van der Waals surface area contributed by atoms with E-state index in [0.29, 0.717) is 25.9 Å². The first-order valence-corrected chi connectivity index (χ1v) is 9.37. The minimum atomic E-state index is -3.15. The number of piperidine rings is 1. The second-order valence-electron chi connectivity index (χ2n) is 6.20. The Balaban J connectivity index is 2.03. The van der Waals surface area contributed by atoms with Gasteiger partial charge in [0.1, 0.15) is 0 Å². The minimum absolute atomic E-state index is 0.0109. The van der Waals surface area contributed by atoms with E-state index >= 15 is 0 Å². The molecule has 1 heterocycles. The molecule has 0 aliphatic carbocycles. The van der Waals surface area contributed by atoms with Gasteiger partial charge >= 0.3 is 0 Å². The van der Waals surface area contributed by atoms with Gasteiger partial charge in [0.05, 0.1) is 6.26 Å². The summed E-state index contributed by atoms with van der Waals surface area (Å²) in [4.78, 5) is 12.4. The molecule has 1 saturated heterocycles. The molecule has 2 rings (SSSR count). The molecule has 0 atom stereocenters. The largest absolute Gasteiger partial charge is 0.325 e. The van der Waals surface area contributed by atoms with E-state index in [4.69, 9.17) is 0 Å². The summed E-state index contributed by atoms with van der Waals surface area (Å²) in [5.74, 6) is -0.138. The van der Waals surface area contributed by atoms with Crippen molar-refractivity contribution in [2.24, 2.45) is 5.92 Å². The smallest absolute Gasteiger partial charge is 0.227 e. The van der Waals surface area contributed by atoms with Crippen molar-refractivity contribution in [1.29, 1.82) is 0 Å². The van der Waals surface area contributed by atoms with Crippen molar-refractivity contribution in [3.8, 4) is 0 Å². The molecule has 122 valence electrons. The second kappa shape index (κ2) is 6.38. The maximum Gasteiger partial charge on any atom is 0.227 e. The molecular weight excluding hydrogens is 300 g/mol. The first kappa shape index (κ1) is 17.0. The molecule has 0 bridgehead atoms. The van der Waals surface area contributed by atoms with Gasteiger partial charge in [-0.05, 0) is 44.7 Å². The van der Waals surface area contributed by atoms with Gasteiger partial charge in [0, 0.05) is 24.7 Å². The van der Waals surface area contributed by atoms with E-state index in [-0.39, 0.29) is 11.8 Å². The summed E-state index contributed by atoms with van der Waals surface area (Å²) in [6.07, 6.45) is 2.36. The van der Waals surface area contributed by atoms with E-state index in [9.17, 15) is 13.2 Å². The number of hydrogen-bond donors (Lipinski definition) is 1. The van der Waals surface area contributed by atoms with Crippen molar-refractivity contribution in [2.75, 3.05) is 24.7 Å². The molecule has 6 heteroatoms. The number of benzene rings is 1. The van der Waals surface area contributed by atoms with Crippen molar-refractivity contribution < 1.29 is 13.2 Å². The summed E-state index contributed by atoms with van der Waals surface area (Å²) >= 11 is 0. The lowest BCUT2D eigenvalue weighted by Crippen LogP contribution is -2.41. The van der Waals surface area contributed by atoms with Crippen LogP contribution >= 0.6 is 0 Å². The number of hydrogen-bond acceptors (Lipinski definition) is 3. The third kappa shape index (κ3) is 3.87. The van der Waals surface area contributed by atoms with Gasteiger partial charge in [0.15, 0.2) is 0 Å². The Morgan fingerprint density at radius 1 is 1.14 bits per heavy atom. The maximum atomic E-state index is 12.4. The zero-order chi connectivity index (χ0) is 16.5. The van der Waals surface area contributed by atoms with Crippen molar-refractivity contribution >= 4 is 21.6 Å². The van der Waals surface area contributed by atoms with E-state index in [1.165, 1.54) is 16.1 Å². The molecule has 0 spiro atoms. The molecule has 5 nitrogen and oxygen atoms in total. The predicted molar refractivity (Wildman–Crippen MR) is 88.4 cm³/mol. The van der Waals surface area contributed by atoms with Crippen molar-refractivity contribution in [2.45, 2.75) is 33.6 Å². The third-order valence-corrected chi connectivity index (χ3v) is 5.52. The lowest BCUT2D eigenvalue weighted by molar-refractivity contribution is -0.120. The molecule has 0 radical (unpaired) electrons. The van der Waals surface area contributed by atoms with E-state index < -0.39 is 10.0 Å². The Hall–Kier alpha value is -1.40. The van der Waals surface area contributed by atoms with Crippen molar-refractivity contribution in [3.05, 3.63) is 28.8 Å². The summed E-state index contributed by atoms with van der Waals surface area (Å²) in [5, 5.41) is 3.02. The number of aryl methyl sites for hydroxylation is 3. The van der Waals surface area contributed by atoms with Crippen LogP contribution in [0.2, 0.25) is 0 Å². The van der Waals surface area contributed by atoms with Gasteiger partial charge in [-0.2, -0.15) is 0 Å². The standard InChI is InChI=1S/C16H24N2O3S/c1-11-9-12(2)15(13(3)10-11)17-16(19)14-5-7-18(8-6-14)22(4,20)21/h9-10,14H,5-8H2,1-4H3,(H,17,19). The van der Waals surface area contributed by atoms with Gasteiger partial charge in [0.25, 0.3) is 0 Å². The van der Waals surface area contributed by atoms with E-state index in [1.807, 2.05) is 20.8 Å². The zero-order valence-electron chi connectivity index (χ0n) is 13.6. The molecule has 1 N–H and O–H groups in total. The molecule has 1 aliphatic heterocycles. The highest BCUT2D eigenvalue weighted by molar-refractivity contribution is 7.88. The highest BCUT2D eigenvalue weighted by Crippen LogP contribution is 2.25. The molecule has 0 unspecified atom stereocenters. The molecule has 1 aromatic rings. The Labute approximate surface area is 132 Å². The van der Waals surface area contributed by atoms with E-state index in [1.54, 1.807) is 0 Å². The second-order valence-corrected chi connectivity index (χ2v) is 8.18. The summed E-state index contributed by atoms with van der Waals surface area (Å²) in [6.45, 7) is 6.85. The Bertz CT molecular complexity index is 652. The number of nitrogens with zero attached hydrogens (tertiary/aromatic N) is 1. The zero-order valence-corrected chi connectivity index (χ0v) is 14.5. The molecular formula is C16H24N2O3S. The third-order valence-electron chi connectivity index (χ3n) is 4.22. The van der Waals surface area contributed by atoms with Gasteiger partial charge in [-0.1, -0.05) is 17.7 Å². The summed E-state index contributed by atoms with van der Waals surface area (Å²) < 4.78 is 24.4. The molecule has 1 aromatic carbocycles. The lowest BCUT2D eigenvalue weighted by atomic mass is 9.96. The number of rotatable bonds is 3. The molecule has 0 aromatic heterocycles. The highest BCUT2D eigenvalue weighted by atomic mass is 32.2. The average molecular weight is 324 g/mol. The Kier molecular flexibility index (Phi) is 4.92.